The minimum atomic E-state index is -1.22. The van der Waals surface area contributed by atoms with Crippen molar-refractivity contribution in [3.63, 3.8) is 0 Å². The average Bonchev–Trinajstić information content (AvgIpc) is 2.52. The van der Waals surface area contributed by atoms with Crippen molar-refractivity contribution in [1.82, 2.24) is 9.38 Å². The summed E-state index contributed by atoms with van der Waals surface area (Å²) in [6.07, 6.45) is 0.529. The molecule has 6 nitrogen and oxygen atoms in total. The number of hydrogen-bond acceptors (Lipinski definition) is 5. The Hall–Kier alpha value is -1.28. The van der Waals surface area contributed by atoms with Gasteiger partial charge in [-0.05, 0) is 11.6 Å². The highest BCUT2D eigenvalue weighted by Crippen LogP contribution is 2.20. The molecule has 134 valence electrons. The lowest BCUT2D eigenvalue weighted by molar-refractivity contribution is -0.142. The molecule has 4 unspecified atom stereocenters. The van der Waals surface area contributed by atoms with E-state index >= 15 is 0 Å². The fourth-order valence-electron chi connectivity index (χ4n) is 2.96. The molecule has 1 saturated heterocycles. The monoisotopic (exact) mass is 337 g/mol. The molecule has 0 aromatic heterocycles. The SMILES string of the molecule is C[N+](C)(C)c1cccc(/C=C/CN2CC(O)C(O)C(O)C2CO)c1. The van der Waals surface area contributed by atoms with Gasteiger partial charge in [-0.25, -0.2) is 0 Å². The predicted octanol–water partition coefficient (Wildman–Crippen LogP) is -0.344. The zero-order valence-electron chi connectivity index (χ0n) is 14.6. The van der Waals surface area contributed by atoms with Crippen LogP contribution in [-0.2, 0) is 0 Å². The van der Waals surface area contributed by atoms with Crippen LogP contribution in [-0.4, -0.2) is 90.5 Å². The van der Waals surface area contributed by atoms with Gasteiger partial charge in [-0.2, -0.15) is 0 Å². The van der Waals surface area contributed by atoms with Crippen LogP contribution in [0.25, 0.3) is 6.08 Å². The molecule has 1 aliphatic heterocycles. The van der Waals surface area contributed by atoms with Crippen LogP contribution in [0.5, 0.6) is 0 Å². The second-order valence-corrected chi connectivity index (χ2v) is 7.26. The first-order chi connectivity index (χ1) is 11.2. The zero-order chi connectivity index (χ0) is 17.9. The maximum absolute atomic E-state index is 9.98. The van der Waals surface area contributed by atoms with E-state index in [2.05, 4.69) is 33.3 Å². The Labute approximate surface area is 143 Å². The van der Waals surface area contributed by atoms with Gasteiger partial charge in [-0.3, -0.25) is 9.38 Å². The highest BCUT2D eigenvalue weighted by atomic mass is 16.4. The summed E-state index contributed by atoms with van der Waals surface area (Å²) in [5.74, 6) is 0. The maximum atomic E-state index is 9.98. The molecule has 0 bridgehead atoms. The molecular weight excluding hydrogens is 308 g/mol. The summed E-state index contributed by atoms with van der Waals surface area (Å²) in [7, 11) is 6.32. The Bertz CT molecular complexity index is 570. The molecule has 4 atom stereocenters. The van der Waals surface area contributed by atoms with E-state index in [1.54, 1.807) is 4.90 Å². The Balaban J connectivity index is 2.05. The number of nitrogens with zero attached hydrogens (tertiary/aromatic N) is 2. The minimum absolute atomic E-state index is 0.215. The number of rotatable bonds is 5. The zero-order valence-corrected chi connectivity index (χ0v) is 14.6. The van der Waals surface area contributed by atoms with Gasteiger partial charge in [-0.15, -0.1) is 0 Å². The smallest absolute Gasteiger partial charge is 0.132 e. The van der Waals surface area contributed by atoms with Crippen molar-refractivity contribution in [3.8, 4) is 0 Å². The van der Waals surface area contributed by atoms with E-state index in [9.17, 15) is 20.4 Å². The highest BCUT2D eigenvalue weighted by Gasteiger charge is 2.40. The van der Waals surface area contributed by atoms with Crippen LogP contribution in [0.4, 0.5) is 5.69 Å². The van der Waals surface area contributed by atoms with E-state index < -0.39 is 24.4 Å². The molecule has 2 rings (SSSR count). The van der Waals surface area contributed by atoms with Crippen LogP contribution in [0, 0.1) is 0 Å². The van der Waals surface area contributed by atoms with Crippen LogP contribution in [0.2, 0.25) is 0 Å². The first-order valence-corrected chi connectivity index (χ1v) is 8.21. The molecule has 1 aliphatic rings. The van der Waals surface area contributed by atoms with Gasteiger partial charge in [0.05, 0.1) is 39.9 Å². The summed E-state index contributed by atoms with van der Waals surface area (Å²) in [4.78, 5) is 1.78. The molecule has 0 saturated carbocycles. The van der Waals surface area contributed by atoms with Crippen LogP contribution >= 0.6 is 0 Å². The minimum Gasteiger partial charge on any atom is -0.395 e. The summed E-state index contributed by atoms with van der Waals surface area (Å²) >= 11 is 0. The molecule has 6 heteroatoms. The lowest BCUT2D eigenvalue weighted by Crippen LogP contribution is -2.62. The number of β-amino-alcohol motifs (C(OH)–C–C–N with tert-alkyl or cyclic N) is 1. The number of aliphatic hydroxyl groups is 4. The quantitative estimate of drug-likeness (QED) is 0.552. The van der Waals surface area contributed by atoms with Crippen molar-refractivity contribution in [2.75, 3.05) is 40.8 Å². The highest BCUT2D eigenvalue weighted by molar-refractivity contribution is 5.56. The summed E-state index contributed by atoms with van der Waals surface area (Å²) in [6.45, 7) is 0.420. The molecule has 0 aliphatic carbocycles. The second kappa shape index (κ2) is 7.74. The van der Waals surface area contributed by atoms with Crippen molar-refractivity contribution in [3.05, 3.63) is 35.9 Å². The molecule has 1 aromatic rings. The fraction of sp³-hybridized carbons (Fsp3) is 0.556. The van der Waals surface area contributed by atoms with E-state index in [4.69, 9.17) is 0 Å². The molecule has 0 amide bonds. The molecule has 4 N–H and O–H groups in total. The Morgan fingerprint density at radius 3 is 2.50 bits per heavy atom. The number of piperidine rings is 1. The van der Waals surface area contributed by atoms with E-state index in [1.807, 2.05) is 24.3 Å². The van der Waals surface area contributed by atoms with E-state index in [1.165, 1.54) is 5.69 Å². The molecule has 0 spiro atoms. The normalized spacial score (nSPS) is 29.3. The number of likely N-dealkylation sites (tertiary alicyclic amines) is 1. The first kappa shape index (κ1) is 19.1. The Morgan fingerprint density at radius 2 is 1.88 bits per heavy atom. The summed E-state index contributed by atoms with van der Waals surface area (Å²) < 4.78 is 0.733. The lowest BCUT2D eigenvalue weighted by atomic mass is 9.94. The van der Waals surface area contributed by atoms with Crippen LogP contribution in [0.3, 0.4) is 0 Å². The number of benzene rings is 1. The number of aliphatic hydroxyl groups excluding tert-OH is 4. The van der Waals surface area contributed by atoms with Gasteiger partial charge in [0, 0.05) is 19.2 Å². The van der Waals surface area contributed by atoms with Gasteiger partial charge in [0.25, 0.3) is 0 Å². The molecular formula is C18H29N2O4+. The first-order valence-electron chi connectivity index (χ1n) is 8.21. The number of quaternary nitrogens is 1. The third-order valence-corrected chi connectivity index (χ3v) is 4.51. The van der Waals surface area contributed by atoms with Crippen molar-refractivity contribution in [2.45, 2.75) is 24.4 Å². The van der Waals surface area contributed by atoms with Crippen molar-refractivity contribution < 1.29 is 20.4 Å². The van der Waals surface area contributed by atoms with Gasteiger partial charge in [0.1, 0.15) is 17.9 Å². The van der Waals surface area contributed by atoms with Crippen molar-refractivity contribution >= 4 is 11.8 Å². The molecule has 1 aromatic carbocycles. The van der Waals surface area contributed by atoms with E-state index in [-0.39, 0.29) is 13.2 Å². The predicted molar refractivity (Wildman–Crippen MR) is 95.5 cm³/mol. The maximum Gasteiger partial charge on any atom is 0.132 e. The summed E-state index contributed by atoms with van der Waals surface area (Å²) in [5, 5.41) is 39.0. The standard InChI is InChI=1S/C18H29N2O4/c1-20(2,3)14-8-4-6-13(10-14)7-5-9-19-11-16(22)18(24)17(23)15(19)12-21/h4-8,10,15-18,21-24H,9,11-12H2,1-3H3/q+1/b7-5+. The van der Waals surface area contributed by atoms with Gasteiger partial charge < -0.3 is 20.4 Å². The van der Waals surface area contributed by atoms with E-state index in [0.717, 1.165) is 10.0 Å². The third kappa shape index (κ3) is 4.42. The van der Waals surface area contributed by atoms with Gasteiger partial charge in [0.15, 0.2) is 0 Å². The fourth-order valence-corrected chi connectivity index (χ4v) is 2.96. The second-order valence-electron chi connectivity index (χ2n) is 7.26. The Kier molecular flexibility index (Phi) is 6.14. The van der Waals surface area contributed by atoms with Crippen LogP contribution in [0.15, 0.2) is 30.3 Å². The van der Waals surface area contributed by atoms with E-state index in [0.29, 0.717) is 6.54 Å². The average molecular weight is 337 g/mol. The molecule has 0 radical (unpaired) electrons. The molecule has 24 heavy (non-hydrogen) atoms. The van der Waals surface area contributed by atoms with Gasteiger partial charge in [0.2, 0.25) is 0 Å². The number of hydrogen-bond donors (Lipinski definition) is 4. The third-order valence-electron chi connectivity index (χ3n) is 4.51. The Morgan fingerprint density at radius 1 is 1.17 bits per heavy atom. The van der Waals surface area contributed by atoms with Crippen LogP contribution in [0.1, 0.15) is 5.56 Å². The summed E-state index contributed by atoms with van der Waals surface area (Å²) in [6, 6.07) is 7.65. The van der Waals surface area contributed by atoms with Crippen molar-refractivity contribution in [2.24, 2.45) is 0 Å². The topological polar surface area (TPSA) is 84.2 Å². The molecule has 1 heterocycles. The summed E-state index contributed by atoms with van der Waals surface area (Å²) in [5.41, 5.74) is 2.26. The largest absolute Gasteiger partial charge is 0.395 e. The van der Waals surface area contributed by atoms with Gasteiger partial charge in [-0.1, -0.05) is 24.3 Å². The van der Waals surface area contributed by atoms with Gasteiger partial charge >= 0.3 is 0 Å². The van der Waals surface area contributed by atoms with Crippen LogP contribution < -0.4 is 4.48 Å². The lowest BCUT2D eigenvalue weighted by Gasteiger charge is -2.42. The molecule has 1 fully saturated rings. The van der Waals surface area contributed by atoms with Crippen molar-refractivity contribution in [1.29, 1.82) is 0 Å².